The first-order valence-electron chi connectivity index (χ1n) is 5.61. The zero-order chi connectivity index (χ0) is 13.3. The highest BCUT2D eigenvalue weighted by molar-refractivity contribution is 7.89. The molecule has 1 saturated carbocycles. The van der Waals surface area contributed by atoms with E-state index >= 15 is 0 Å². The molecule has 0 radical (unpaired) electrons. The molecule has 0 spiro atoms. The number of rotatable bonds is 4. The van der Waals surface area contributed by atoms with Crippen LogP contribution in [0.15, 0.2) is 23.1 Å². The second-order valence-electron chi connectivity index (χ2n) is 4.53. The minimum atomic E-state index is -3.62. The molecular formula is C11H15ClN2O3S. The minimum Gasteiger partial charge on any atom is -0.399 e. The van der Waals surface area contributed by atoms with E-state index in [-0.39, 0.29) is 21.9 Å². The summed E-state index contributed by atoms with van der Waals surface area (Å²) in [6.07, 6.45) is 0.982. The Hall–Kier alpha value is -0.820. The van der Waals surface area contributed by atoms with Crippen LogP contribution in [0.2, 0.25) is 5.02 Å². The third-order valence-electron chi connectivity index (χ3n) is 3.02. The zero-order valence-electron chi connectivity index (χ0n) is 9.64. The molecule has 0 aromatic heterocycles. The summed E-state index contributed by atoms with van der Waals surface area (Å²) < 4.78 is 26.5. The summed E-state index contributed by atoms with van der Waals surface area (Å²) in [5.41, 5.74) is 5.93. The molecule has 2 rings (SSSR count). The zero-order valence-corrected chi connectivity index (χ0v) is 11.2. The smallest absolute Gasteiger partial charge is 0.242 e. The van der Waals surface area contributed by atoms with Crippen molar-refractivity contribution in [1.82, 2.24) is 4.72 Å². The van der Waals surface area contributed by atoms with Crippen molar-refractivity contribution in [3.8, 4) is 0 Å². The Bertz CT molecular complexity index is 541. The fourth-order valence-corrected chi connectivity index (χ4v) is 3.57. The third kappa shape index (κ3) is 2.95. The Morgan fingerprint density at radius 2 is 2.11 bits per heavy atom. The number of halogens is 1. The van der Waals surface area contributed by atoms with Gasteiger partial charge in [0.15, 0.2) is 0 Å². The molecule has 7 heteroatoms. The number of aliphatic hydroxyl groups excluding tert-OH is 1. The van der Waals surface area contributed by atoms with Gasteiger partial charge in [-0.05, 0) is 37.0 Å². The average molecular weight is 291 g/mol. The summed E-state index contributed by atoms with van der Waals surface area (Å²) in [4.78, 5) is 0.0261. The summed E-state index contributed by atoms with van der Waals surface area (Å²) >= 11 is 5.86. The van der Waals surface area contributed by atoms with Crippen molar-refractivity contribution in [2.24, 2.45) is 5.92 Å². The SMILES string of the molecule is Nc1ccc(S(=O)(=O)NCC2CC(O)C2)c(Cl)c1. The standard InChI is InChI=1S/C11H15ClN2O3S/c12-10-5-8(13)1-2-11(10)18(16,17)14-6-7-3-9(15)4-7/h1-2,5,7,9,14-15H,3-4,6,13H2. The molecule has 0 amide bonds. The molecule has 0 bridgehead atoms. The van der Waals surface area contributed by atoms with Gasteiger partial charge < -0.3 is 10.8 Å². The van der Waals surface area contributed by atoms with Crippen LogP contribution in [0.3, 0.4) is 0 Å². The lowest BCUT2D eigenvalue weighted by Crippen LogP contribution is -2.38. The summed E-state index contributed by atoms with van der Waals surface area (Å²) in [6.45, 7) is 0.320. The quantitative estimate of drug-likeness (QED) is 0.721. The van der Waals surface area contributed by atoms with Crippen molar-refractivity contribution in [3.05, 3.63) is 23.2 Å². The van der Waals surface area contributed by atoms with Crippen LogP contribution in [0.5, 0.6) is 0 Å². The lowest BCUT2D eigenvalue weighted by molar-refractivity contribution is 0.0453. The van der Waals surface area contributed by atoms with E-state index in [1.54, 1.807) is 0 Å². The summed E-state index contributed by atoms with van der Waals surface area (Å²) in [5.74, 6) is 0.197. The first kappa shape index (κ1) is 13.6. The molecule has 0 aliphatic heterocycles. The van der Waals surface area contributed by atoms with Crippen molar-refractivity contribution in [2.75, 3.05) is 12.3 Å². The van der Waals surface area contributed by atoms with Crippen LogP contribution in [0.4, 0.5) is 5.69 Å². The average Bonchev–Trinajstić information content (AvgIpc) is 2.22. The van der Waals surface area contributed by atoms with Gasteiger partial charge >= 0.3 is 0 Å². The molecule has 1 aliphatic carbocycles. The molecule has 4 N–H and O–H groups in total. The van der Waals surface area contributed by atoms with Gasteiger partial charge in [-0.1, -0.05) is 11.6 Å². The van der Waals surface area contributed by atoms with Crippen LogP contribution < -0.4 is 10.5 Å². The maximum Gasteiger partial charge on any atom is 0.242 e. The van der Waals surface area contributed by atoms with Gasteiger partial charge in [0.05, 0.1) is 11.1 Å². The maximum absolute atomic E-state index is 12.0. The predicted molar refractivity (Wildman–Crippen MR) is 69.8 cm³/mol. The number of hydrogen-bond donors (Lipinski definition) is 3. The molecule has 0 heterocycles. The normalized spacial score (nSPS) is 23.7. The molecular weight excluding hydrogens is 276 g/mol. The van der Waals surface area contributed by atoms with Crippen molar-refractivity contribution < 1.29 is 13.5 Å². The molecule has 1 aromatic rings. The Labute approximate surface area is 111 Å². The number of nitrogen functional groups attached to an aromatic ring is 1. The lowest BCUT2D eigenvalue weighted by Gasteiger charge is -2.31. The van der Waals surface area contributed by atoms with Crippen molar-refractivity contribution in [1.29, 1.82) is 0 Å². The van der Waals surface area contributed by atoms with E-state index in [4.69, 9.17) is 22.4 Å². The molecule has 1 fully saturated rings. The number of anilines is 1. The van der Waals surface area contributed by atoms with Crippen molar-refractivity contribution in [2.45, 2.75) is 23.8 Å². The molecule has 18 heavy (non-hydrogen) atoms. The number of nitrogens with one attached hydrogen (secondary N) is 1. The van der Waals surface area contributed by atoms with E-state index in [0.717, 1.165) is 0 Å². The van der Waals surface area contributed by atoms with Gasteiger partial charge in [-0.3, -0.25) is 0 Å². The van der Waals surface area contributed by atoms with E-state index < -0.39 is 10.0 Å². The molecule has 0 unspecified atom stereocenters. The van der Waals surface area contributed by atoms with Gasteiger partial charge in [0, 0.05) is 12.2 Å². The van der Waals surface area contributed by atoms with Gasteiger partial charge in [0.25, 0.3) is 0 Å². The predicted octanol–water partition coefficient (Wildman–Crippen LogP) is 0.971. The van der Waals surface area contributed by atoms with E-state index in [9.17, 15) is 8.42 Å². The fraction of sp³-hybridized carbons (Fsp3) is 0.455. The highest BCUT2D eigenvalue weighted by atomic mass is 35.5. The largest absolute Gasteiger partial charge is 0.399 e. The third-order valence-corrected chi connectivity index (χ3v) is 4.92. The van der Waals surface area contributed by atoms with Crippen LogP contribution in [-0.2, 0) is 10.0 Å². The van der Waals surface area contributed by atoms with E-state index in [1.807, 2.05) is 0 Å². The first-order valence-corrected chi connectivity index (χ1v) is 7.47. The Morgan fingerprint density at radius 1 is 1.44 bits per heavy atom. The Balaban J connectivity index is 2.06. The monoisotopic (exact) mass is 290 g/mol. The Morgan fingerprint density at radius 3 is 2.67 bits per heavy atom. The minimum absolute atomic E-state index is 0.0261. The molecule has 1 aliphatic rings. The van der Waals surface area contributed by atoms with Crippen molar-refractivity contribution in [3.63, 3.8) is 0 Å². The summed E-state index contributed by atoms with van der Waals surface area (Å²) in [5, 5.41) is 9.23. The van der Waals surface area contributed by atoms with Crippen LogP contribution >= 0.6 is 11.6 Å². The Kier molecular flexibility index (Phi) is 3.82. The van der Waals surface area contributed by atoms with E-state index in [1.165, 1.54) is 18.2 Å². The van der Waals surface area contributed by atoms with Gasteiger partial charge in [-0.15, -0.1) is 0 Å². The number of aliphatic hydroxyl groups is 1. The van der Waals surface area contributed by atoms with Gasteiger partial charge in [-0.2, -0.15) is 0 Å². The van der Waals surface area contributed by atoms with Gasteiger partial charge in [0.2, 0.25) is 10.0 Å². The number of benzene rings is 1. The number of nitrogens with two attached hydrogens (primary N) is 1. The lowest BCUT2D eigenvalue weighted by atomic mass is 9.83. The van der Waals surface area contributed by atoms with Gasteiger partial charge in [-0.25, -0.2) is 13.1 Å². The summed E-state index contributed by atoms with van der Waals surface area (Å²) in [7, 11) is -3.62. The topological polar surface area (TPSA) is 92.4 Å². The van der Waals surface area contributed by atoms with Crippen LogP contribution in [0.25, 0.3) is 0 Å². The van der Waals surface area contributed by atoms with Crippen LogP contribution in [0.1, 0.15) is 12.8 Å². The molecule has 1 aromatic carbocycles. The molecule has 0 saturated heterocycles. The van der Waals surface area contributed by atoms with Crippen LogP contribution in [0, 0.1) is 5.92 Å². The van der Waals surface area contributed by atoms with Crippen LogP contribution in [-0.4, -0.2) is 26.2 Å². The van der Waals surface area contributed by atoms with E-state index in [2.05, 4.69) is 4.72 Å². The molecule has 100 valence electrons. The highest BCUT2D eigenvalue weighted by Crippen LogP contribution is 2.28. The maximum atomic E-state index is 12.0. The van der Waals surface area contributed by atoms with E-state index in [0.29, 0.717) is 25.1 Å². The second-order valence-corrected chi connectivity index (χ2v) is 6.68. The highest BCUT2D eigenvalue weighted by Gasteiger charge is 2.28. The van der Waals surface area contributed by atoms with Crippen molar-refractivity contribution >= 4 is 27.3 Å². The number of hydrogen-bond acceptors (Lipinski definition) is 4. The summed E-state index contributed by atoms with van der Waals surface area (Å²) in [6, 6.07) is 4.28. The molecule has 5 nitrogen and oxygen atoms in total. The first-order chi connectivity index (χ1) is 8.38. The molecule has 0 atom stereocenters. The second kappa shape index (κ2) is 5.05. The number of sulfonamides is 1. The van der Waals surface area contributed by atoms with Gasteiger partial charge in [0.1, 0.15) is 4.90 Å². The fourth-order valence-electron chi connectivity index (χ4n) is 1.91.